The highest BCUT2D eigenvalue weighted by Gasteiger charge is 2.37. The number of aryl methyl sites for hydroxylation is 2. The van der Waals surface area contributed by atoms with E-state index in [0.717, 1.165) is 16.8 Å². The van der Waals surface area contributed by atoms with Crippen molar-refractivity contribution < 1.29 is 28.5 Å². The number of carbonyl (C=O) groups excluding carboxylic acids is 2. The van der Waals surface area contributed by atoms with Crippen LogP contribution in [0.2, 0.25) is 0 Å². The molecule has 32 heavy (non-hydrogen) atoms. The fourth-order valence-corrected chi connectivity index (χ4v) is 3.67. The van der Waals surface area contributed by atoms with Crippen LogP contribution in [0.25, 0.3) is 0 Å². The monoisotopic (exact) mass is 437 g/mol. The van der Waals surface area contributed by atoms with Gasteiger partial charge in [-0.15, -0.1) is 0 Å². The van der Waals surface area contributed by atoms with Crippen LogP contribution in [-0.4, -0.2) is 40.4 Å². The summed E-state index contributed by atoms with van der Waals surface area (Å²) in [6, 6.07) is 11.1. The molecule has 0 N–H and O–H groups in total. The lowest BCUT2D eigenvalue weighted by molar-refractivity contribution is -0.137. The van der Waals surface area contributed by atoms with Crippen LogP contribution in [0.5, 0.6) is 11.5 Å². The van der Waals surface area contributed by atoms with Crippen molar-refractivity contribution >= 4 is 17.6 Å². The molecule has 2 aromatic carbocycles. The summed E-state index contributed by atoms with van der Waals surface area (Å²) in [7, 11) is 5.68. The second-order valence-corrected chi connectivity index (χ2v) is 7.37. The molecule has 0 unspecified atom stereocenters. The molecule has 0 spiro atoms. The number of methoxy groups -OCH3 is 4. The summed E-state index contributed by atoms with van der Waals surface area (Å²) in [5.74, 6) is -0.847. The molecule has 0 amide bonds. The molecule has 0 saturated carbocycles. The number of anilines is 1. The molecule has 1 heterocycles. The fourth-order valence-electron chi connectivity index (χ4n) is 3.67. The van der Waals surface area contributed by atoms with Crippen molar-refractivity contribution in [1.29, 1.82) is 0 Å². The summed E-state index contributed by atoms with van der Waals surface area (Å²) in [5.41, 5.74) is 4.13. The van der Waals surface area contributed by atoms with E-state index in [1.54, 1.807) is 42.6 Å². The Morgan fingerprint density at radius 2 is 1.41 bits per heavy atom. The second-order valence-electron chi connectivity index (χ2n) is 7.37. The van der Waals surface area contributed by atoms with Crippen molar-refractivity contribution in [3.63, 3.8) is 0 Å². The van der Waals surface area contributed by atoms with Crippen molar-refractivity contribution in [3.8, 4) is 11.5 Å². The van der Waals surface area contributed by atoms with Crippen LogP contribution in [0.1, 0.15) is 22.6 Å². The van der Waals surface area contributed by atoms with Gasteiger partial charge in [0.05, 0.1) is 45.5 Å². The minimum absolute atomic E-state index is 0.264. The standard InChI is InChI=1S/C25H27NO6/c1-15-7-8-17(11-16(15)2)26-13-20(24(27)31-5)23(21(14-26)25(28)32-6)19-12-18(29-3)9-10-22(19)30-4/h7-14,23H,1-6H3. The molecular weight excluding hydrogens is 410 g/mol. The summed E-state index contributed by atoms with van der Waals surface area (Å²) in [6.45, 7) is 4.02. The first-order valence-electron chi connectivity index (χ1n) is 10.0. The number of carbonyl (C=O) groups is 2. The van der Waals surface area contributed by atoms with Gasteiger partial charge in [0.1, 0.15) is 11.5 Å². The molecule has 7 heteroatoms. The highest BCUT2D eigenvalue weighted by molar-refractivity contribution is 6.00. The number of nitrogens with zero attached hydrogens (tertiary/aromatic N) is 1. The third kappa shape index (κ3) is 4.32. The molecule has 1 aliphatic heterocycles. The van der Waals surface area contributed by atoms with Crippen LogP contribution in [0.3, 0.4) is 0 Å². The van der Waals surface area contributed by atoms with Crippen LogP contribution in [0, 0.1) is 13.8 Å². The van der Waals surface area contributed by atoms with Gasteiger partial charge in [-0.05, 0) is 55.3 Å². The molecule has 0 aromatic heterocycles. The summed E-state index contributed by atoms with van der Waals surface area (Å²) in [5, 5.41) is 0. The average Bonchev–Trinajstić information content (AvgIpc) is 2.83. The highest BCUT2D eigenvalue weighted by atomic mass is 16.5. The average molecular weight is 437 g/mol. The molecule has 0 fully saturated rings. The van der Waals surface area contributed by atoms with Crippen molar-refractivity contribution in [2.75, 3.05) is 33.3 Å². The van der Waals surface area contributed by atoms with Crippen LogP contribution < -0.4 is 14.4 Å². The van der Waals surface area contributed by atoms with Crippen molar-refractivity contribution in [3.05, 3.63) is 76.6 Å². The van der Waals surface area contributed by atoms with Gasteiger partial charge in [0.2, 0.25) is 0 Å². The zero-order valence-electron chi connectivity index (χ0n) is 19.1. The Labute approximate surface area is 187 Å². The second kappa shape index (κ2) is 9.60. The SMILES string of the molecule is COC(=O)C1=CN(c2ccc(C)c(C)c2)C=C(C(=O)OC)C1c1cc(OC)ccc1OC. The van der Waals surface area contributed by atoms with E-state index in [2.05, 4.69) is 0 Å². The van der Waals surface area contributed by atoms with Gasteiger partial charge in [0.25, 0.3) is 0 Å². The maximum Gasteiger partial charge on any atom is 0.336 e. The molecule has 3 rings (SSSR count). The first kappa shape index (κ1) is 22.9. The lowest BCUT2D eigenvalue weighted by atomic mass is 9.82. The molecular formula is C25H27NO6. The van der Waals surface area contributed by atoms with E-state index < -0.39 is 17.9 Å². The van der Waals surface area contributed by atoms with E-state index in [1.165, 1.54) is 21.3 Å². The molecule has 0 bridgehead atoms. The van der Waals surface area contributed by atoms with Gasteiger partial charge < -0.3 is 23.8 Å². The first-order chi connectivity index (χ1) is 15.3. The zero-order valence-corrected chi connectivity index (χ0v) is 19.1. The van der Waals surface area contributed by atoms with Gasteiger partial charge in [-0.3, -0.25) is 0 Å². The van der Waals surface area contributed by atoms with Crippen molar-refractivity contribution in [2.45, 2.75) is 19.8 Å². The largest absolute Gasteiger partial charge is 0.497 e. The molecule has 0 saturated heterocycles. The van der Waals surface area contributed by atoms with Gasteiger partial charge in [0.15, 0.2) is 0 Å². The number of benzene rings is 2. The van der Waals surface area contributed by atoms with Gasteiger partial charge in [-0.1, -0.05) is 6.07 Å². The predicted octanol–water partition coefficient (Wildman–Crippen LogP) is 4.04. The van der Waals surface area contributed by atoms with Gasteiger partial charge in [-0.2, -0.15) is 0 Å². The van der Waals surface area contributed by atoms with Crippen LogP contribution in [-0.2, 0) is 19.1 Å². The molecule has 2 aromatic rings. The fraction of sp³-hybridized carbons (Fsp3) is 0.280. The minimum Gasteiger partial charge on any atom is -0.497 e. The van der Waals surface area contributed by atoms with E-state index in [4.69, 9.17) is 18.9 Å². The Hall–Kier alpha value is -3.74. The lowest BCUT2D eigenvalue weighted by Gasteiger charge is -2.31. The topological polar surface area (TPSA) is 74.3 Å². The minimum atomic E-state index is -0.775. The Kier molecular flexibility index (Phi) is 6.88. The molecule has 0 aliphatic carbocycles. The smallest absolute Gasteiger partial charge is 0.336 e. The summed E-state index contributed by atoms with van der Waals surface area (Å²) in [4.78, 5) is 27.5. The first-order valence-corrected chi connectivity index (χ1v) is 10.0. The molecule has 7 nitrogen and oxygen atoms in total. The number of hydrogen-bond acceptors (Lipinski definition) is 7. The van der Waals surface area contributed by atoms with E-state index in [9.17, 15) is 9.59 Å². The van der Waals surface area contributed by atoms with E-state index in [0.29, 0.717) is 17.1 Å². The summed E-state index contributed by atoms with van der Waals surface area (Å²) >= 11 is 0. The number of rotatable bonds is 6. The lowest BCUT2D eigenvalue weighted by Crippen LogP contribution is -2.29. The summed E-state index contributed by atoms with van der Waals surface area (Å²) in [6.07, 6.45) is 3.35. The molecule has 168 valence electrons. The zero-order chi connectivity index (χ0) is 23.4. The third-order valence-corrected chi connectivity index (χ3v) is 5.56. The molecule has 0 atom stereocenters. The maximum absolute atomic E-state index is 12.9. The van der Waals surface area contributed by atoms with Crippen LogP contribution in [0.15, 0.2) is 59.9 Å². The van der Waals surface area contributed by atoms with Crippen molar-refractivity contribution in [1.82, 2.24) is 0 Å². The van der Waals surface area contributed by atoms with Crippen LogP contribution in [0.4, 0.5) is 5.69 Å². The van der Waals surface area contributed by atoms with Gasteiger partial charge >= 0.3 is 11.9 Å². The Balaban J connectivity index is 2.26. The predicted molar refractivity (Wildman–Crippen MR) is 121 cm³/mol. The Morgan fingerprint density at radius 3 is 1.91 bits per heavy atom. The van der Waals surface area contributed by atoms with Crippen LogP contribution >= 0.6 is 0 Å². The third-order valence-electron chi connectivity index (χ3n) is 5.56. The molecule has 1 aliphatic rings. The van der Waals surface area contributed by atoms with E-state index >= 15 is 0 Å². The van der Waals surface area contributed by atoms with Gasteiger partial charge in [-0.25, -0.2) is 9.59 Å². The normalized spacial score (nSPS) is 13.8. The number of ether oxygens (including phenoxy) is 4. The van der Waals surface area contributed by atoms with E-state index in [-0.39, 0.29) is 11.1 Å². The van der Waals surface area contributed by atoms with Crippen molar-refractivity contribution in [2.24, 2.45) is 0 Å². The summed E-state index contributed by atoms with van der Waals surface area (Å²) < 4.78 is 21.1. The number of esters is 2. The van der Waals surface area contributed by atoms with Gasteiger partial charge in [0, 0.05) is 23.7 Å². The number of hydrogen-bond donors (Lipinski definition) is 0. The quantitative estimate of drug-likeness (QED) is 0.632. The maximum atomic E-state index is 12.9. The highest BCUT2D eigenvalue weighted by Crippen LogP contribution is 2.43. The van der Waals surface area contributed by atoms with E-state index in [1.807, 2.05) is 32.0 Å². The Bertz CT molecular complexity index is 1070. The molecule has 0 radical (unpaired) electrons. The Morgan fingerprint density at radius 1 is 0.781 bits per heavy atom.